The van der Waals surface area contributed by atoms with Crippen molar-refractivity contribution in [3.63, 3.8) is 0 Å². The van der Waals surface area contributed by atoms with Gasteiger partial charge < -0.3 is 0 Å². The molecule has 0 bridgehead atoms. The van der Waals surface area contributed by atoms with Crippen LogP contribution in [-0.4, -0.2) is 0 Å². The summed E-state index contributed by atoms with van der Waals surface area (Å²) in [7, 11) is 0. The van der Waals surface area contributed by atoms with E-state index in [1.54, 1.807) is 22.3 Å². The molecule has 0 amide bonds. The summed E-state index contributed by atoms with van der Waals surface area (Å²) < 4.78 is 3.73. The van der Waals surface area contributed by atoms with E-state index in [2.05, 4.69) is 53.7 Å². The molecule has 2 aliphatic carbocycles. The van der Waals surface area contributed by atoms with Crippen LogP contribution in [0.1, 0.15) is 67.2 Å². The van der Waals surface area contributed by atoms with E-state index in [-0.39, 0.29) is 48.0 Å². The maximum atomic E-state index is 2.48. The first-order chi connectivity index (χ1) is 9.88. The predicted molar refractivity (Wildman–Crippen MR) is 121 cm³/mol. The van der Waals surface area contributed by atoms with Crippen LogP contribution in [0.15, 0.2) is 41.0 Å². The molecule has 2 aliphatic rings. The smallest absolute Gasteiger partial charge is 0.107 e. The normalized spacial score (nSPS) is 17.4. The van der Waals surface area contributed by atoms with Gasteiger partial charge in [0.2, 0.25) is 0 Å². The van der Waals surface area contributed by atoms with Gasteiger partial charge in [0, 0.05) is 0 Å². The molecule has 130 valence electrons. The van der Waals surface area contributed by atoms with Crippen LogP contribution < -0.4 is 0 Å². The Labute approximate surface area is 189 Å². The van der Waals surface area contributed by atoms with Crippen LogP contribution >= 0.6 is 48.0 Å². The van der Waals surface area contributed by atoms with Crippen LogP contribution in [0.5, 0.6) is 0 Å². The van der Waals surface area contributed by atoms with E-state index in [4.69, 9.17) is 0 Å². The van der Waals surface area contributed by atoms with Crippen LogP contribution in [0.4, 0.5) is 0 Å². The second-order valence-electron chi connectivity index (χ2n) is 7.42. The molecule has 0 radical (unpaired) electrons. The van der Waals surface area contributed by atoms with Gasteiger partial charge in [0.25, 0.3) is 0 Å². The zero-order valence-corrected chi connectivity index (χ0v) is 22.6. The molecule has 0 nitrogen and oxygen atoms in total. The molecule has 0 spiro atoms. The average Bonchev–Trinajstić information content (AvgIpc) is 2.88. The fraction of sp³-hybridized carbons (Fsp3) is 0.600. The van der Waals surface area contributed by atoms with Crippen LogP contribution in [-0.2, 0) is 23.2 Å². The zero-order chi connectivity index (χ0) is 15.6. The Morgan fingerprint density at radius 1 is 0.783 bits per heavy atom. The van der Waals surface area contributed by atoms with Crippen molar-refractivity contribution in [3.8, 4) is 0 Å². The Morgan fingerprint density at radius 2 is 1.13 bits per heavy atom. The molecule has 0 heterocycles. The van der Waals surface area contributed by atoms with Gasteiger partial charge >= 0.3 is 143 Å². The Kier molecular flexibility index (Phi) is 11.7. The van der Waals surface area contributed by atoms with Gasteiger partial charge in [-0.25, -0.2) is 0 Å². The second-order valence-corrected chi connectivity index (χ2v) is 11.0. The molecule has 0 aromatic carbocycles. The monoisotopic (exact) mass is 616 g/mol. The number of hydrogen-bond donors (Lipinski definition) is 0. The summed E-state index contributed by atoms with van der Waals surface area (Å²) in [5.41, 5.74) is 6.62. The number of allylic oxidation sites excluding steroid dienone is 8. The first-order valence-corrected chi connectivity index (χ1v) is 10.9. The maximum absolute atomic E-state index is 2.48. The molecule has 0 saturated heterocycles. The summed E-state index contributed by atoms with van der Waals surface area (Å²) in [4.78, 5) is 0. The molecule has 2 rings (SSSR count). The van der Waals surface area contributed by atoms with Crippen molar-refractivity contribution in [3.05, 3.63) is 41.0 Å². The molecule has 0 aromatic heterocycles. The van der Waals surface area contributed by atoms with E-state index in [1.165, 1.54) is 25.7 Å². The summed E-state index contributed by atoms with van der Waals surface area (Å²) in [5, 5.41) is 0. The van der Waals surface area contributed by atoms with Crippen molar-refractivity contribution < 1.29 is 23.2 Å². The average molecular weight is 618 g/mol. The third-order valence-corrected chi connectivity index (χ3v) is 8.40. The molecule has 3 heteroatoms. The van der Waals surface area contributed by atoms with E-state index in [0.29, 0.717) is 0 Å². The van der Waals surface area contributed by atoms with Gasteiger partial charge in [-0.05, 0) is 0 Å². The molecule has 0 unspecified atom stereocenters. The topological polar surface area (TPSA) is 0 Å². The third kappa shape index (κ3) is 6.85. The molecule has 23 heavy (non-hydrogen) atoms. The maximum Gasteiger partial charge on any atom is -0.107 e. The molecule has 0 fully saturated rings. The van der Waals surface area contributed by atoms with E-state index in [1.807, 2.05) is 6.56 Å². The fourth-order valence-corrected chi connectivity index (χ4v) is 7.41. The van der Waals surface area contributed by atoms with Crippen molar-refractivity contribution in [2.75, 3.05) is 0 Å². The molecule has 0 saturated carbocycles. The fourth-order valence-electron chi connectivity index (χ4n) is 3.30. The summed E-state index contributed by atoms with van der Waals surface area (Å²) in [5.74, 6) is 1.56. The van der Waals surface area contributed by atoms with Crippen molar-refractivity contribution in [2.45, 2.75) is 67.2 Å². The van der Waals surface area contributed by atoms with E-state index in [0.717, 1.165) is 11.8 Å². The molecular weight excluding hydrogens is 585 g/mol. The Morgan fingerprint density at radius 3 is 1.43 bits per heavy atom. The van der Waals surface area contributed by atoms with E-state index in [9.17, 15) is 0 Å². The van der Waals surface area contributed by atoms with Gasteiger partial charge in [0.1, 0.15) is 0 Å². The minimum Gasteiger partial charge on any atom is -0.107 e. The molecule has 0 N–H and O–H groups in total. The van der Waals surface area contributed by atoms with Gasteiger partial charge in [-0.2, -0.15) is 0 Å². The van der Waals surface area contributed by atoms with Gasteiger partial charge in [-0.3, -0.25) is 0 Å². The summed E-state index contributed by atoms with van der Waals surface area (Å²) >= 11 is -0.548. The van der Waals surface area contributed by atoms with Gasteiger partial charge in [-0.1, -0.05) is 0 Å². The Balaban J connectivity index is 0.00000242. The van der Waals surface area contributed by atoms with Gasteiger partial charge in [0.05, 0.1) is 0 Å². The van der Waals surface area contributed by atoms with Crippen molar-refractivity contribution in [2.24, 2.45) is 11.8 Å². The second kappa shape index (κ2) is 11.1. The first kappa shape index (κ1) is 24.3. The summed E-state index contributed by atoms with van der Waals surface area (Å²) in [6, 6.07) is 0. The summed E-state index contributed by atoms with van der Waals surface area (Å²) in [6.45, 7) is 14.1. The van der Waals surface area contributed by atoms with E-state index >= 15 is 0 Å². The van der Waals surface area contributed by atoms with Crippen molar-refractivity contribution in [1.82, 2.24) is 0 Å². The van der Waals surface area contributed by atoms with Gasteiger partial charge in [-0.15, -0.1) is 48.0 Å². The van der Waals surface area contributed by atoms with Crippen LogP contribution in [0.2, 0.25) is 0 Å². The minimum absolute atomic E-state index is 0. The zero-order valence-electron chi connectivity index (χ0n) is 15.5. The molecule has 0 atom stereocenters. The molecule has 0 aromatic rings. The Bertz CT molecular complexity index is 486. The first-order valence-electron chi connectivity index (χ1n) is 8.43. The van der Waals surface area contributed by atoms with Crippen molar-refractivity contribution in [1.29, 1.82) is 0 Å². The Hall–Kier alpha value is 1.30. The molecular formula is C20H32I2Zr. The van der Waals surface area contributed by atoms with Crippen LogP contribution in [0.25, 0.3) is 0 Å². The number of rotatable bonds is 6. The van der Waals surface area contributed by atoms with Crippen molar-refractivity contribution >= 4 is 48.0 Å². The predicted octanol–water partition coefficient (Wildman–Crippen LogP) is 7.61. The SMILES string of the molecule is CC1=CC[C]([Zr][C]2=C(CC(C)C)C(C)=CC2)=C1CC(C)C.I.I. The van der Waals surface area contributed by atoms with Crippen LogP contribution in [0.3, 0.4) is 0 Å². The largest absolute Gasteiger partial charge is 0.107 e. The van der Waals surface area contributed by atoms with E-state index < -0.39 is 23.2 Å². The van der Waals surface area contributed by atoms with Gasteiger partial charge in [0.15, 0.2) is 0 Å². The summed E-state index contributed by atoms with van der Waals surface area (Å²) in [6.07, 6.45) is 10.1. The third-order valence-electron chi connectivity index (χ3n) is 4.43. The number of halogens is 2. The number of hydrogen-bond acceptors (Lipinski definition) is 0. The quantitative estimate of drug-likeness (QED) is 0.270. The standard InChI is InChI=1S/2C10H15.2HI.Zr/c2*1-8(2)7-10-6-4-5-9(10)3;;;/h2*5,8H,4,7H2,1-3H3;2*1H;. The minimum atomic E-state index is -0.548. The van der Waals surface area contributed by atoms with Crippen LogP contribution in [0, 0.1) is 11.8 Å². The molecule has 0 aliphatic heterocycles.